The van der Waals surface area contributed by atoms with Gasteiger partial charge in [0.2, 0.25) is 0 Å². The lowest BCUT2D eigenvalue weighted by Crippen LogP contribution is -2.10. The highest BCUT2D eigenvalue weighted by atomic mass is 31.2. The second kappa shape index (κ2) is 8.66. The van der Waals surface area contributed by atoms with Crippen LogP contribution in [0.3, 0.4) is 0 Å². The predicted molar refractivity (Wildman–Crippen MR) is 56.8 cm³/mol. The molecule has 0 spiro atoms. The molecular formula is C8H18NO6P. The zero-order valence-electron chi connectivity index (χ0n) is 9.51. The van der Waals surface area contributed by atoms with Gasteiger partial charge in [-0.1, -0.05) is 0 Å². The fourth-order valence-corrected chi connectivity index (χ4v) is 1.73. The molecule has 8 heteroatoms. The minimum Gasteiger partial charge on any atom is -0.466 e. The quantitative estimate of drug-likeness (QED) is 0.367. The summed E-state index contributed by atoms with van der Waals surface area (Å²) < 4.78 is 30.6. The van der Waals surface area contributed by atoms with Crippen LogP contribution >= 0.6 is 7.82 Å². The van der Waals surface area contributed by atoms with E-state index in [9.17, 15) is 9.36 Å². The van der Waals surface area contributed by atoms with Gasteiger partial charge in [0.05, 0.1) is 19.8 Å². The van der Waals surface area contributed by atoms with Crippen LogP contribution in [0.5, 0.6) is 0 Å². The number of phosphoric acid groups is 1. The summed E-state index contributed by atoms with van der Waals surface area (Å²) in [6.45, 7) is 1.95. The summed E-state index contributed by atoms with van der Waals surface area (Å²) in [5.41, 5.74) is 5.19. The van der Waals surface area contributed by atoms with Crippen molar-refractivity contribution in [3.8, 4) is 0 Å². The standard InChI is InChI=1S/C8H18NO6P/c1-8(10)13-5-3-6-14-16(11,12-2)15-7-4-9/h3-7,9H2,1-2H3. The van der Waals surface area contributed by atoms with E-state index in [2.05, 4.69) is 9.26 Å². The molecule has 96 valence electrons. The van der Waals surface area contributed by atoms with Crippen LogP contribution in [0.25, 0.3) is 0 Å². The number of carbonyl (C=O) groups is 1. The van der Waals surface area contributed by atoms with Gasteiger partial charge in [0, 0.05) is 27.0 Å². The maximum absolute atomic E-state index is 11.6. The van der Waals surface area contributed by atoms with Gasteiger partial charge in [-0.3, -0.25) is 18.4 Å². The first kappa shape index (κ1) is 15.5. The van der Waals surface area contributed by atoms with Gasteiger partial charge in [-0.2, -0.15) is 0 Å². The van der Waals surface area contributed by atoms with Crippen LogP contribution in [0.2, 0.25) is 0 Å². The third-order valence-corrected chi connectivity index (χ3v) is 2.88. The molecule has 1 atom stereocenters. The van der Waals surface area contributed by atoms with Crippen molar-refractivity contribution in [2.24, 2.45) is 5.73 Å². The molecule has 16 heavy (non-hydrogen) atoms. The van der Waals surface area contributed by atoms with Gasteiger partial charge in [0.15, 0.2) is 0 Å². The van der Waals surface area contributed by atoms with Crippen molar-refractivity contribution in [2.75, 3.05) is 33.5 Å². The summed E-state index contributed by atoms with van der Waals surface area (Å²) >= 11 is 0. The fraction of sp³-hybridized carbons (Fsp3) is 0.875. The Kier molecular flexibility index (Phi) is 8.42. The Morgan fingerprint density at radius 1 is 1.25 bits per heavy atom. The average molecular weight is 255 g/mol. The minimum absolute atomic E-state index is 0.0923. The third kappa shape index (κ3) is 7.78. The van der Waals surface area contributed by atoms with Gasteiger partial charge in [0.25, 0.3) is 0 Å². The van der Waals surface area contributed by atoms with Gasteiger partial charge in [-0.15, -0.1) is 0 Å². The molecule has 0 radical (unpaired) electrons. The molecule has 0 aliphatic rings. The van der Waals surface area contributed by atoms with E-state index in [-0.39, 0.29) is 32.3 Å². The van der Waals surface area contributed by atoms with Crippen LogP contribution in [0.1, 0.15) is 13.3 Å². The Balaban J connectivity index is 3.69. The van der Waals surface area contributed by atoms with Gasteiger partial charge >= 0.3 is 13.8 Å². The zero-order chi connectivity index (χ0) is 12.4. The number of carbonyl (C=O) groups excluding carboxylic acids is 1. The molecular weight excluding hydrogens is 237 g/mol. The van der Waals surface area contributed by atoms with Crippen LogP contribution in [-0.4, -0.2) is 39.4 Å². The topological polar surface area (TPSA) is 97.1 Å². The summed E-state index contributed by atoms with van der Waals surface area (Å²) in [4.78, 5) is 10.4. The van der Waals surface area contributed by atoms with Gasteiger partial charge < -0.3 is 10.5 Å². The molecule has 0 saturated carbocycles. The number of hydrogen-bond donors (Lipinski definition) is 1. The largest absolute Gasteiger partial charge is 0.474 e. The lowest BCUT2D eigenvalue weighted by Gasteiger charge is -2.15. The third-order valence-electron chi connectivity index (χ3n) is 1.43. The van der Waals surface area contributed by atoms with E-state index in [1.54, 1.807) is 0 Å². The molecule has 0 saturated heterocycles. The van der Waals surface area contributed by atoms with Crippen LogP contribution in [-0.2, 0) is 27.7 Å². The highest BCUT2D eigenvalue weighted by Crippen LogP contribution is 2.48. The van der Waals surface area contributed by atoms with Crippen molar-refractivity contribution >= 4 is 13.8 Å². The summed E-state index contributed by atoms with van der Waals surface area (Å²) in [6.07, 6.45) is 0.416. The fourth-order valence-electron chi connectivity index (χ4n) is 0.758. The van der Waals surface area contributed by atoms with Crippen molar-refractivity contribution in [3.63, 3.8) is 0 Å². The zero-order valence-corrected chi connectivity index (χ0v) is 10.4. The molecule has 2 N–H and O–H groups in total. The first-order chi connectivity index (χ1) is 7.54. The molecule has 0 aromatic carbocycles. The number of nitrogens with two attached hydrogens (primary N) is 1. The molecule has 1 unspecified atom stereocenters. The maximum atomic E-state index is 11.6. The molecule has 7 nitrogen and oxygen atoms in total. The normalized spacial score (nSPS) is 14.4. The van der Waals surface area contributed by atoms with Crippen molar-refractivity contribution in [3.05, 3.63) is 0 Å². The minimum atomic E-state index is -3.50. The highest BCUT2D eigenvalue weighted by molar-refractivity contribution is 7.48. The summed E-state index contributed by atoms with van der Waals surface area (Å²) in [6, 6.07) is 0. The van der Waals surface area contributed by atoms with E-state index < -0.39 is 7.82 Å². The van der Waals surface area contributed by atoms with Gasteiger partial charge in [-0.05, 0) is 0 Å². The number of hydrogen-bond acceptors (Lipinski definition) is 7. The van der Waals surface area contributed by atoms with Gasteiger partial charge in [0.1, 0.15) is 0 Å². The van der Waals surface area contributed by atoms with Gasteiger partial charge in [-0.25, -0.2) is 4.57 Å². The van der Waals surface area contributed by atoms with E-state index >= 15 is 0 Å². The lowest BCUT2D eigenvalue weighted by molar-refractivity contribution is -0.141. The average Bonchev–Trinajstić information content (AvgIpc) is 2.25. The van der Waals surface area contributed by atoms with E-state index in [0.29, 0.717) is 6.42 Å². The van der Waals surface area contributed by atoms with E-state index in [0.717, 1.165) is 0 Å². The smallest absolute Gasteiger partial charge is 0.466 e. The van der Waals surface area contributed by atoms with E-state index in [1.165, 1.54) is 14.0 Å². The Bertz CT molecular complexity index is 247. The first-order valence-electron chi connectivity index (χ1n) is 4.82. The summed E-state index contributed by atoms with van der Waals surface area (Å²) in [5, 5.41) is 0. The molecule has 0 heterocycles. The maximum Gasteiger partial charge on any atom is 0.474 e. The lowest BCUT2D eigenvalue weighted by atomic mass is 10.5. The highest BCUT2D eigenvalue weighted by Gasteiger charge is 2.23. The van der Waals surface area contributed by atoms with Crippen LogP contribution in [0, 0.1) is 0 Å². The molecule has 0 aromatic heterocycles. The van der Waals surface area contributed by atoms with Crippen molar-refractivity contribution in [2.45, 2.75) is 13.3 Å². The van der Waals surface area contributed by atoms with E-state index in [1.807, 2.05) is 0 Å². The van der Waals surface area contributed by atoms with E-state index in [4.69, 9.17) is 14.8 Å². The second-order valence-corrected chi connectivity index (χ2v) is 4.55. The van der Waals surface area contributed by atoms with Crippen LogP contribution in [0.15, 0.2) is 0 Å². The summed E-state index contributed by atoms with van der Waals surface area (Å²) in [7, 11) is -2.28. The Morgan fingerprint density at radius 3 is 2.38 bits per heavy atom. The molecule has 0 aromatic rings. The molecule has 0 bridgehead atoms. The molecule has 0 aliphatic heterocycles. The van der Waals surface area contributed by atoms with Crippen molar-refractivity contribution in [1.29, 1.82) is 0 Å². The monoisotopic (exact) mass is 255 g/mol. The summed E-state index contributed by atoms with van der Waals surface area (Å²) in [5.74, 6) is -0.366. The number of rotatable bonds is 9. The molecule has 0 fully saturated rings. The number of phosphoric ester groups is 1. The van der Waals surface area contributed by atoms with Crippen molar-refractivity contribution in [1.82, 2.24) is 0 Å². The number of esters is 1. The Hall–Kier alpha value is -0.460. The van der Waals surface area contributed by atoms with Crippen LogP contribution < -0.4 is 5.73 Å². The Morgan fingerprint density at radius 2 is 1.88 bits per heavy atom. The predicted octanol–water partition coefficient (Wildman–Crippen LogP) is 0.686. The SMILES string of the molecule is COP(=O)(OCCN)OCCCOC(C)=O. The van der Waals surface area contributed by atoms with Crippen LogP contribution in [0.4, 0.5) is 0 Å². The van der Waals surface area contributed by atoms with Crippen molar-refractivity contribution < 1.29 is 27.7 Å². The molecule has 0 rings (SSSR count). The molecule has 0 amide bonds. The molecule has 0 aliphatic carbocycles. The first-order valence-corrected chi connectivity index (χ1v) is 6.28. The Labute approximate surface area is 94.8 Å². The second-order valence-electron chi connectivity index (χ2n) is 2.78. The number of ether oxygens (including phenoxy) is 1.